The Morgan fingerprint density at radius 3 is 2.81 bits per heavy atom. The predicted octanol–water partition coefficient (Wildman–Crippen LogP) is 1.46. The summed E-state index contributed by atoms with van der Waals surface area (Å²) in [6, 6.07) is 1.28. The number of nitrogens with zero attached hydrogens (tertiary/aromatic N) is 2. The first kappa shape index (κ1) is 15.5. The molecule has 1 fully saturated rings. The van der Waals surface area contributed by atoms with Crippen LogP contribution in [0.2, 0.25) is 0 Å². The summed E-state index contributed by atoms with van der Waals surface area (Å²) in [6.07, 6.45) is 1.47. The number of hydrogen-bond acceptors (Lipinski definition) is 5. The second-order valence-corrected chi connectivity index (χ2v) is 6.34. The van der Waals surface area contributed by atoms with Gasteiger partial charge in [-0.2, -0.15) is 0 Å². The highest BCUT2D eigenvalue weighted by Gasteiger charge is 2.32. The molecule has 0 spiro atoms. The predicted molar refractivity (Wildman–Crippen MR) is 76.1 cm³/mol. The Kier molecular flexibility index (Phi) is 4.32. The smallest absolute Gasteiger partial charge is 0.317 e. The molecule has 1 atom stereocenters. The van der Waals surface area contributed by atoms with Crippen molar-refractivity contribution in [2.45, 2.75) is 45.1 Å². The van der Waals surface area contributed by atoms with Crippen LogP contribution < -0.4 is 5.32 Å². The number of carbonyl (C=O) groups excluding carboxylic acids is 1. The first-order valence-corrected chi connectivity index (χ1v) is 7.01. The highest BCUT2D eigenvalue weighted by atomic mass is 16.5. The molecule has 2 N–H and O–H groups in total. The summed E-state index contributed by atoms with van der Waals surface area (Å²) < 4.78 is 5.12. The van der Waals surface area contributed by atoms with Crippen molar-refractivity contribution in [2.75, 3.05) is 18.4 Å². The lowest BCUT2D eigenvalue weighted by molar-refractivity contribution is -0.139. The molecule has 1 aliphatic rings. The van der Waals surface area contributed by atoms with Crippen LogP contribution in [0.15, 0.2) is 10.6 Å². The lowest BCUT2D eigenvalue weighted by Gasteiger charge is -2.20. The van der Waals surface area contributed by atoms with Crippen molar-refractivity contribution in [2.24, 2.45) is 0 Å². The van der Waals surface area contributed by atoms with Crippen molar-refractivity contribution in [3.8, 4) is 0 Å². The van der Waals surface area contributed by atoms with E-state index in [0.717, 1.165) is 12.1 Å². The van der Waals surface area contributed by atoms with Crippen molar-refractivity contribution in [3.63, 3.8) is 0 Å². The summed E-state index contributed by atoms with van der Waals surface area (Å²) in [7, 11) is 0. The SMILES string of the molecule is CC(C)(C)c1cc(NC(=O)C2CCCN2CC(=O)O)on1. The average Bonchev–Trinajstić information content (AvgIpc) is 2.96. The minimum Gasteiger partial charge on any atom is -0.480 e. The summed E-state index contributed by atoms with van der Waals surface area (Å²) in [4.78, 5) is 24.7. The first-order valence-electron chi connectivity index (χ1n) is 7.01. The van der Waals surface area contributed by atoms with Crippen molar-refractivity contribution in [1.29, 1.82) is 0 Å². The molecule has 1 aromatic heterocycles. The van der Waals surface area contributed by atoms with Crippen molar-refractivity contribution in [1.82, 2.24) is 10.1 Å². The fraction of sp³-hybridized carbons (Fsp3) is 0.643. The molecule has 2 heterocycles. The van der Waals surface area contributed by atoms with E-state index in [-0.39, 0.29) is 17.9 Å². The van der Waals surface area contributed by atoms with Gasteiger partial charge in [-0.15, -0.1) is 0 Å². The largest absolute Gasteiger partial charge is 0.480 e. The lowest BCUT2D eigenvalue weighted by atomic mass is 9.92. The Hall–Kier alpha value is -1.89. The second-order valence-electron chi connectivity index (χ2n) is 6.34. The highest BCUT2D eigenvalue weighted by molar-refractivity contribution is 5.94. The average molecular weight is 295 g/mol. The number of carboxylic acid groups (broad SMARTS) is 1. The van der Waals surface area contributed by atoms with Gasteiger partial charge in [-0.05, 0) is 19.4 Å². The molecule has 7 heteroatoms. The van der Waals surface area contributed by atoms with E-state index in [0.29, 0.717) is 18.8 Å². The van der Waals surface area contributed by atoms with Crippen LogP contribution in [0.5, 0.6) is 0 Å². The van der Waals surface area contributed by atoms with E-state index in [2.05, 4.69) is 10.5 Å². The van der Waals surface area contributed by atoms with E-state index in [4.69, 9.17) is 9.63 Å². The van der Waals surface area contributed by atoms with Gasteiger partial charge in [0.25, 0.3) is 0 Å². The van der Waals surface area contributed by atoms with Gasteiger partial charge < -0.3 is 9.63 Å². The number of likely N-dealkylation sites (tertiary alicyclic amines) is 1. The normalized spacial score (nSPS) is 19.7. The molecule has 2 rings (SSSR count). The molecule has 7 nitrogen and oxygen atoms in total. The fourth-order valence-corrected chi connectivity index (χ4v) is 2.38. The van der Waals surface area contributed by atoms with E-state index in [9.17, 15) is 9.59 Å². The Morgan fingerprint density at radius 1 is 1.52 bits per heavy atom. The standard InChI is InChI=1S/C14H21N3O4/c1-14(2,3)10-7-11(21-16-10)15-13(20)9-5-4-6-17(9)8-12(18)19/h7,9H,4-6,8H2,1-3H3,(H,15,20)(H,18,19). The minimum absolute atomic E-state index is 0.123. The number of rotatable bonds is 4. The molecule has 0 aliphatic carbocycles. The minimum atomic E-state index is -0.926. The Balaban J connectivity index is 2.00. The lowest BCUT2D eigenvalue weighted by Crippen LogP contribution is -2.42. The van der Waals surface area contributed by atoms with Gasteiger partial charge >= 0.3 is 5.97 Å². The van der Waals surface area contributed by atoms with E-state index in [1.165, 1.54) is 0 Å². The Bertz CT molecular complexity index is 533. The van der Waals surface area contributed by atoms with Crippen molar-refractivity contribution < 1.29 is 19.2 Å². The number of aliphatic carboxylic acids is 1. The van der Waals surface area contributed by atoms with Gasteiger partial charge in [0.15, 0.2) is 0 Å². The number of nitrogens with one attached hydrogen (secondary N) is 1. The van der Waals surface area contributed by atoms with Crippen LogP contribution in [-0.4, -0.2) is 46.2 Å². The molecule has 0 saturated carbocycles. The molecule has 0 bridgehead atoms. The molecule has 21 heavy (non-hydrogen) atoms. The van der Waals surface area contributed by atoms with Crippen LogP contribution in [0.25, 0.3) is 0 Å². The molecule has 116 valence electrons. The molecule has 1 unspecified atom stereocenters. The number of hydrogen-bond donors (Lipinski definition) is 2. The topological polar surface area (TPSA) is 95.7 Å². The van der Waals surface area contributed by atoms with Gasteiger partial charge in [-0.3, -0.25) is 19.8 Å². The Morgan fingerprint density at radius 2 is 2.24 bits per heavy atom. The quantitative estimate of drug-likeness (QED) is 0.873. The highest BCUT2D eigenvalue weighted by Crippen LogP contribution is 2.24. The maximum atomic E-state index is 12.2. The molecule has 0 radical (unpaired) electrons. The van der Waals surface area contributed by atoms with Crippen LogP contribution in [-0.2, 0) is 15.0 Å². The van der Waals surface area contributed by atoms with Gasteiger partial charge in [0.2, 0.25) is 11.8 Å². The third kappa shape index (κ3) is 3.81. The maximum Gasteiger partial charge on any atom is 0.317 e. The Labute approximate surface area is 123 Å². The summed E-state index contributed by atoms with van der Waals surface area (Å²) in [6.45, 7) is 6.50. The molecule has 1 aliphatic heterocycles. The molecular formula is C14H21N3O4. The number of carboxylic acids is 1. The van der Waals surface area contributed by atoms with Gasteiger partial charge in [0, 0.05) is 11.5 Å². The number of anilines is 1. The van der Waals surface area contributed by atoms with Crippen molar-refractivity contribution >= 4 is 17.8 Å². The van der Waals surface area contributed by atoms with Gasteiger partial charge in [-0.25, -0.2) is 0 Å². The van der Waals surface area contributed by atoms with Crippen LogP contribution >= 0.6 is 0 Å². The van der Waals surface area contributed by atoms with Crippen LogP contribution in [0.4, 0.5) is 5.88 Å². The number of carbonyl (C=O) groups is 2. The summed E-state index contributed by atoms with van der Waals surface area (Å²) in [5.74, 6) is -0.873. The third-order valence-electron chi connectivity index (χ3n) is 3.53. The van der Waals surface area contributed by atoms with Crippen LogP contribution in [0.1, 0.15) is 39.3 Å². The van der Waals surface area contributed by atoms with E-state index < -0.39 is 12.0 Å². The zero-order chi connectivity index (χ0) is 15.6. The molecular weight excluding hydrogens is 274 g/mol. The molecule has 0 aromatic carbocycles. The van der Waals surface area contributed by atoms with E-state index in [1.807, 2.05) is 20.8 Å². The van der Waals surface area contributed by atoms with Crippen molar-refractivity contribution in [3.05, 3.63) is 11.8 Å². The van der Waals surface area contributed by atoms with Gasteiger partial charge in [0.05, 0.1) is 18.3 Å². The molecule has 1 saturated heterocycles. The number of amides is 1. The van der Waals surface area contributed by atoms with E-state index >= 15 is 0 Å². The van der Waals surface area contributed by atoms with E-state index in [1.54, 1.807) is 11.0 Å². The molecule has 1 aromatic rings. The second kappa shape index (κ2) is 5.85. The number of aromatic nitrogens is 1. The van der Waals surface area contributed by atoms with Crippen LogP contribution in [0, 0.1) is 0 Å². The maximum absolute atomic E-state index is 12.2. The zero-order valence-electron chi connectivity index (χ0n) is 12.5. The summed E-state index contributed by atoms with van der Waals surface area (Å²) in [5.41, 5.74) is 0.599. The fourth-order valence-electron chi connectivity index (χ4n) is 2.38. The zero-order valence-corrected chi connectivity index (χ0v) is 12.5. The third-order valence-corrected chi connectivity index (χ3v) is 3.53. The summed E-state index contributed by atoms with van der Waals surface area (Å²) in [5, 5.41) is 15.5. The first-order chi connectivity index (χ1) is 9.77. The monoisotopic (exact) mass is 295 g/mol. The molecule has 1 amide bonds. The van der Waals surface area contributed by atoms with Gasteiger partial charge in [-0.1, -0.05) is 25.9 Å². The van der Waals surface area contributed by atoms with Crippen LogP contribution in [0.3, 0.4) is 0 Å². The van der Waals surface area contributed by atoms with Gasteiger partial charge in [0.1, 0.15) is 0 Å². The summed E-state index contributed by atoms with van der Waals surface area (Å²) >= 11 is 0.